The van der Waals surface area contributed by atoms with E-state index < -0.39 is 15.6 Å². The van der Waals surface area contributed by atoms with Crippen LogP contribution in [0.15, 0.2) is 24.3 Å². The van der Waals surface area contributed by atoms with Gasteiger partial charge in [0, 0.05) is 25.4 Å². The van der Waals surface area contributed by atoms with E-state index in [2.05, 4.69) is 24.4 Å². The molecule has 1 aliphatic heterocycles. The number of benzene rings is 1. The lowest BCUT2D eigenvalue weighted by Gasteiger charge is -2.36. The van der Waals surface area contributed by atoms with Crippen LogP contribution in [0.4, 0.5) is 0 Å². The van der Waals surface area contributed by atoms with Crippen molar-refractivity contribution in [2.45, 2.75) is 26.3 Å². The topological polar surface area (TPSA) is 66.5 Å². The first-order valence-corrected chi connectivity index (χ1v) is 9.58. The lowest BCUT2D eigenvalue weighted by atomic mass is 10.0. The van der Waals surface area contributed by atoms with E-state index in [0.717, 1.165) is 12.0 Å². The number of carbonyl (C=O) groups excluding carboxylic acids is 1. The molecule has 6 heteroatoms. The largest absolute Gasteiger partial charge is 0.332 e. The molecule has 1 heterocycles. The average Bonchev–Trinajstić information content (AvgIpc) is 2.54. The minimum atomic E-state index is -3.30. The van der Waals surface area contributed by atoms with Crippen LogP contribution < -0.4 is 5.32 Å². The SMILES string of the molecule is CCc1ccc(C2CNCCN2C(=O)CS(=O)(=O)CC)cc1. The van der Waals surface area contributed by atoms with E-state index in [1.165, 1.54) is 5.56 Å². The van der Waals surface area contributed by atoms with E-state index in [9.17, 15) is 13.2 Å². The molecule has 1 aromatic rings. The maximum Gasteiger partial charge on any atom is 0.238 e. The fourth-order valence-electron chi connectivity index (χ4n) is 2.65. The van der Waals surface area contributed by atoms with Gasteiger partial charge in [0.2, 0.25) is 5.91 Å². The molecule has 1 atom stereocenters. The highest BCUT2D eigenvalue weighted by molar-refractivity contribution is 7.92. The fourth-order valence-corrected chi connectivity index (χ4v) is 3.40. The minimum Gasteiger partial charge on any atom is -0.332 e. The maximum absolute atomic E-state index is 12.4. The molecule has 0 spiro atoms. The number of nitrogens with zero attached hydrogens (tertiary/aromatic N) is 1. The van der Waals surface area contributed by atoms with Gasteiger partial charge in [-0.05, 0) is 17.5 Å². The summed E-state index contributed by atoms with van der Waals surface area (Å²) in [5.74, 6) is -0.693. The Morgan fingerprint density at radius 3 is 2.55 bits per heavy atom. The summed E-state index contributed by atoms with van der Waals surface area (Å²) in [6.07, 6.45) is 0.973. The molecule has 1 unspecified atom stereocenters. The molecule has 1 aromatic carbocycles. The van der Waals surface area contributed by atoms with Crippen LogP contribution in [0, 0.1) is 0 Å². The normalized spacial score (nSPS) is 19.2. The Morgan fingerprint density at radius 1 is 1.27 bits per heavy atom. The van der Waals surface area contributed by atoms with Crippen molar-refractivity contribution in [2.75, 3.05) is 31.1 Å². The Labute approximate surface area is 132 Å². The van der Waals surface area contributed by atoms with E-state index in [0.29, 0.717) is 19.6 Å². The molecule has 0 aromatic heterocycles. The first-order chi connectivity index (χ1) is 10.5. The zero-order valence-corrected chi connectivity index (χ0v) is 14.0. The molecule has 5 nitrogen and oxygen atoms in total. The Hall–Kier alpha value is -1.40. The molecule has 1 N–H and O–H groups in total. The van der Waals surface area contributed by atoms with Gasteiger partial charge in [0.25, 0.3) is 0 Å². The summed E-state index contributed by atoms with van der Waals surface area (Å²) in [6.45, 7) is 5.56. The van der Waals surface area contributed by atoms with Crippen LogP contribution in [0.3, 0.4) is 0 Å². The highest BCUT2D eigenvalue weighted by Crippen LogP contribution is 2.23. The first kappa shape index (κ1) is 17.0. The standard InChI is InChI=1S/C16H24N2O3S/c1-3-13-5-7-14(8-6-13)15-11-17-9-10-18(15)16(19)12-22(20,21)4-2/h5-8,15,17H,3-4,9-12H2,1-2H3. The van der Waals surface area contributed by atoms with Crippen molar-refractivity contribution >= 4 is 15.7 Å². The number of hydrogen-bond donors (Lipinski definition) is 1. The van der Waals surface area contributed by atoms with Crippen molar-refractivity contribution in [1.29, 1.82) is 0 Å². The highest BCUT2D eigenvalue weighted by atomic mass is 32.2. The highest BCUT2D eigenvalue weighted by Gasteiger charge is 2.29. The third-order valence-corrected chi connectivity index (χ3v) is 5.69. The van der Waals surface area contributed by atoms with Crippen LogP contribution in [0.1, 0.15) is 31.0 Å². The molecular formula is C16H24N2O3S. The third kappa shape index (κ3) is 4.08. The number of rotatable bonds is 5. The summed E-state index contributed by atoms with van der Waals surface area (Å²) in [5, 5.41) is 3.28. The molecular weight excluding hydrogens is 300 g/mol. The molecule has 1 amide bonds. The zero-order valence-electron chi connectivity index (χ0n) is 13.2. The van der Waals surface area contributed by atoms with E-state index in [1.807, 2.05) is 12.1 Å². The second-order valence-corrected chi connectivity index (χ2v) is 7.93. The van der Waals surface area contributed by atoms with Crippen molar-refractivity contribution in [3.05, 3.63) is 35.4 Å². The summed E-state index contributed by atoms with van der Waals surface area (Å²) in [5.41, 5.74) is 2.30. The van der Waals surface area contributed by atoms with Gasteiger partial charge < -0.3 is 10.2 Å². The van der Waals surface area contributed by atoms with Gasteiger partial charge in [0.15, 0.2) is 9.84 Å². The van der Waals surface area contributed by atoms with Gasteiger partial charge in [-0.25, -0.2) is 8.42 Å². The van der Waals surface area contributed by atoms with Crippen molar-refractivity contribution in [1.82, 2.24) is 10.2 Å². The van der Waals surface area contributed by atoms with Gasteiger partial charge in [0.05, 0.1) is 6.04 Å². The van der Waals surface area contributed by atoms with Crippen LogP contribution in [0.2, 0.25) is 0 Å². The van der Waals surface area contributed by atoms with Gasteiger partial charge in [0.1, 0.15) is 5.75 Å². The van der Waals surface area contributed by atoms with Crippen LogP contribution in [-0.4, -0.2) is 50.4 Å². The van der Waals surface area contributed by atoms with Gasteiger partial charge in [-0.1, -0.05) is 38.1 Å². The van der Waals surface area contributed by atoms with Gasteiger partial charge >= 0.3 is 0 Å². The number of amides is 1. The number of carbonyl (C=O) groups is 1. The summed E-state index contributed by atoms with van der Waals surface area (Å²) in [7, 11) is -3.30. The van der Waals surface area contributed by atoms with Crippen LogP contribution in [0.25, 0.3) is 0 Å². The smallest absolute Gasteiger partial charge is 0.238 e. The predicted octanol–water partition coefficient (Wildman–Crippen LogP) is 1.16. The number of aryl methyl sites for hydroxylation is 1. The predicted molar refractivity (Wildman–Crippen MR) is 87.5 cm³/mol. The van der Waals surface area contributed by atoms with Gasteiger partial charge in [-0.2, -0.15) is 0 Å². The second kappa shape index (κ2) is 7.24. The molecule has 0 saturated carbocycles. The first-order valence-electron chi connectivity index (χ1n) is 7.76. The number of nitrogens with one attached hydrogen (secondary N) is 1. The maximum atomic E-state index is 12.4. The van der Waals surface area contributed by atoms with Crippen LogP contribution in [-0.2, 0) is 21.1 Å². The van der Waals surface area contributed by atoms with Crippen LogP contribution in [0.5, 0.6) is 0 Å². The lowest BCUT2D eigenvalue weighted by Crippen LogP contribution is -2.50. The molecule has 1 aliphatic rings. The Bertz CT molecular complexity index is 611. The van der Waals surface area contributed by atoms with E-state index in [1.54, 1.807) is 11.8 Å². The number of piperazine rings is 1. The number of hydrogen-bond acceptors (Lipinski definition) is 4. The van der Waals surface area contributed by atoms with Gasteiger partial charge in [-0.3, -0.25) is 4.79 Å². The summed E-state index contributed by atoms with van der Waals surface area (Å²) < 4.78 is 23.4. The molecule has 22 heavy (non-hydrogen) atoms. The van der Waals surface area contributed by atoms with Crippen molar-refractivity contribution < 1.29 is 13.2 Å². The quantitative estimate of drug-likeness (QED) is 0.882. The second-order valence-electron chi connectivity index (χ2n) is 5.58. The summed E-state index contributed by atoms with van der Waals surface area (Å²) >= 11 is 0. The monoisotopic (exact) mass is 324 g/mol. The van der Waals surface area contributed by atoms with Crippen molar-refractivity contribution in [2.24, 2.45) is 0 Å². The van der Waals surface area contributed by atoms with E-state index >= 15 is 0 Å². The summed E-state index contributed by atoms with van der Waals surface area (Å²) in [4.78, 5) is 14.1. The Kier molecular flexibility index (Phi) is 5.58. The van der Waals surface area contributed by atoms with E-state index in [4.69, 9.17) is 0 Å². The van der Waals surface area contributed by atoms with E-state index in [-0.39, 0.29) is 17.7 Å². The molecule has 1 fully saturated rings. The summed E-state index contributed by atoms with van der Waals surface area (Å²) in [6, 6.07) is 8.10. The molecule has 2 rings (SSSR count). The minimum absolute atomic E-state index is 0.000688. The molecule has 0 radical (unpaired) electrons. The molecule has 122 valence electrons. The van der Waals surface area contributed by atoms with Crippen molar-refractivity contribution in [3.63, 3.8) is 0 Å². The molecule has 0 bridgehead atoms. The Balaban J connectivity index is 2.18. The molecule has 1 saturated heterocycles. The third-order valence-electron chi connectivity index (χ3n) is 4.12. The average molecular weight is 324 g/mol. The Morgan fingerprint density at radius 2 is 1.95 bits per heavy atom. The molecule has 0 aliphatic carbocycles. The number of sulfone groups is 1. The lowest BCUT2D eigenvalue weighted by molar-refractivity contribution is -0.131. The zero-order chi connectivity index (χ0) is 16.2. The van der Waals surface area contributed by atoms with Crippen LogP contribution >= 0.6 is 0 Å². The van der Waals surface area contributed by atoms with Gasteiger partial charge in [-0.15, -0.1) is 0 Å². The van der Waals surface area contributed by atoms with Crippen molar-refractivity contribution in [3.8, 4) is 0 Å². The fraction of sp³-hybridized carbons (Fsp3) is 0.562.